The summed E-state index contributed by atoms with van der Waals surface area (Å²) < 4.78 is 0. The Morgan fingerprint density at radius 3 is 2.52 bits per heavy atom. The number of likely N-dealkylation sites (tertiary alicyclic amines) is 1. The molecule has 29 heavy (non-hydrogen) atoms. The molecule has 1 aliphatic heterocycles. The number of guanidine groups is 1. The average molecular weight is 515 g/mol. The van der Waals surface area contributed by atoms with Crippen molar-refractivity contribution in [1.29, 1.82) is 0 Å². The molecule has 0 spiro atoms. The predicted molar refractivity (Wildman–Crippen MR) is 132 cm³/mol. The number of carbonyl (C=O) groups excluding carboxylic acids is 1. The number of rotatable bonds is 9. The summed E-state index contributed by atoms with van der Waals surface area (Å²) in [4.78, 5) is 23.1. The maximum atomic E-state index is 12.0. The molecule has 1 heterocycles. The van der Waals surface area contributed by atoms with Crippen LogP contribution in [-0.4, -0.2) is 86.5 Å². The van der Waals surface area contributed by atoms with Crippen LogP contribution in [0.1, 0.15) is 25.8 Å². The minimum atomic E-state index is 0. The van der Waals surface area contributed by atoms with E-state index in [0.29, 0.717) is 5.92 Å². The van der Waals surface area contributed by atoms with Gasteiger partial charge < -0.3 is 20.0 Å². The molecule has 0 aromatic heterocycles. The van der Waals surface area contributed by atoms with E-state index in [-0.39, 0.29) is 36.4 Å². The zero-order chi connectivity index (χ0) is 20.4. The second-order valence-electron chi connectivity index (χ2n) is 7.68. The molecular weight excluding hydrogens is 477 g/mol. The van der Waals surface area contributed by atoms with Gasteiger partial charge in [-0.25, -0.2) is 4.99 Å². The summed E-state index contributed by atoms with van der Waals surface area (Å²) in [5, 5.41) is 3.50. The number of aliphatic imine (C=N–C) groups is 1. The smallest absolute Gasteiger partial charge is 0.243 e. The summed E-state index contributed by atoms with van der Waals surface area (Å²) in [7, 11) is 3.55. The number of nitrogens with zero attached hydrogens (tertiary/aromatic N) is 4. The van der Waals surface area contributed by atoms with Gasteiger partial charge in [-0.1, -0.05) is 44.2 Å². The van der Waals surface area contributed by atoms with Crippen LogP contribution in [0, 0.1) is 5.92 Å². The van der Waals surface area contributed by atoms with Gasteiger partial charge in [0.2, 0.25) is 5.91 Å². The van der Waals surface area contributed by atoms with Crippen LogP contribution in [0.15, 0.2) is 35.3 Å². The molecule has 1 saturated heterocycles. The summed E-state index contributed by atoms with van der Waals surface area (Å²) in [6, 6.07) is 10.5. The van der Waals surface area contributed by atoms with E-state index < -0.39 is 0 Å². The van der Waals surface area contributed by atoms with E-state index in [1.165, 1.54) is 12.0 Å². The highest BCUT2D eigenvalue weighted by molar-refractivity contribution is 14.0. The van der Waals surface area contributed by atoms with Crippen LogP contribution >= 0.6 is 24.0 Å². The van der Waals surface area contributed by atoms with E-state index in [1.54, 1.807) is 19.0 Å². The van der Waals surface area contributed by atoms with Crippen molar-refractivity contribution in [1.82, 2.24) is 20.0 Å². The quantitative estimate of drug-likeness (QED) is 0.312. The predicted octanol–water partition coefficient (Wildman–Crippen LogP) is 2.54. The first-order valence-electron chi connectivity index (χ1n) is 10.5. The molecule has 0 bridgehead atoms. The minimum Gasteiger partial charge on any atom is -0.356 e. The van der Waals surface area contributed by atoms with Crippen molar-refractivity contribution in [2.75, 3.05) is 59.9 Å². The Kier molecular flexibility index (Phi) is 12.2. The maximum Gasteiger partial charge on any atom is 0.243 e. The molecule has 1 fully saturated rings. The van der Waals surface area contributed by atoms with Crippen LogP contribution in [0.4, 0.5) is 0 Å². The molecule has 0 radical (unpaired) electrons. The number of likely N-dealkylation sites (N-methyl/N-ethyl adjacent to an activating group) is 1. The lowest BCUT2D eigenvalue weighted by Gasteiger charge is -2.25. The number of hydrogen-bond donors (Lipinski definition) is 1. The SMILES string of the molecule is CCN(CC)CC1CCN(C(=NCC(=O)N(C)C)NCCc2ccccc2)C1.I. The van der Waals surface area contributed by atoms with Crippen molar-refractivity contribution in [2.24, 2.45) is 10.9 Å². The van der Waals surface area contributed by atoms with Crippen molar-refractivity contribution in [2.45, 2.75) is 26.7 Å². The van der Waals surface area contributed by atoms with Gasteiger partial charge in [-0.3, -0.25) is 4.79 Å². The number of hydrogen-bond acceptors (Lipinski definition) is 3. The third-order valence-corrected chi connectivity index (χ3v) is 5.40. The largest absolute Gasteiger partial charge is 0.356 e. The number of benzene rings is 1. The first-order chi connectivity index (χ1) is 13.5. The number of carbonyl (C=O) groups is 1. The second kappa shape index (κ2) is 13.8. The highest BCUT2D eigenvalue weighted by Gasteiger charge is 2.26. The van der Waals surface area contributed by atoms with Crippen LogP contribution < -0.4 is 5.32 Å². The molecule has 1 unspecified atom stereocenters. The lowest BCUT2D eigenvalue weighted by molar-refractivity contribution is -0.127. The highest BCUT2D eigenvalue weighted by Crippen LogP contribution is 2.17. The summed E-state index contributed by atoms with van der Waals surface area (Å²) >= 11 is 0. The van der Waals surface area contributed by atoms with E-state index in [2.05, 4.69) is 58.2 Å². The molecule has 0 saturated carbocycles. The molecule has 1 amide bonds. The first kappa shape index (κ1) is 25.7. The minimum absolute atomic E-state index is 0. The molecule has 1 aliphatic rings. The van der Waals surface area contributed by atoms with E-state index in [1.807, 2.05) is 6.07 Å². The van der Waals surface area contributed by atoms with Gasteiger partial charge in [0, 0.05) is 40.3 Å². The zero-order valence-electron chi connectivity index (χ0n) is 18.4. The molecule has 1 aromatic rings. The van der Waals surface area contributed by atoms with Crippen molar-refractivity contribution in [3.63, 3.8) is 0 Å². The van der Waals surface area contributed by atoms with Crippen molar-refractivity contribution in [3.05, 3.63) is 35.9 Å². The van der Waals surface area contributed by atoms with Gasteiger partial charge in [-0.2, -0.15) is 0 Å². The fourth-order valence-corrected chi connectivity index (χ4v) is 3.54. The van der Waals surface area contributed by atoms with Crippen molar-refractivity contribution < 1.29 is 4.79 Å². The molecular formula is C22H38IN5O. The Balaban J connectivity index is 0.00000420. The topological polar surface area (TPSA) is 51.2 Å². The Labute approximate surface area is 193 Å². The Morgan fingerprint density at radius 1 is 1.21 bits per heavy atom. The van der Waals surface area contributed by atoms with Crippen LogP contribution in [-0.2, 0) is 11.2 Å². The molecule has 6 nitrogen and oxygen atoms in total. The van der Waals surface area contributed by atoms with Gasteiger partial charge in [0.15, 0.2) is 5.96 Å². The fourth-order valence-electron chi connectivity index (χ4n) is 3.54. The normalized spacial score (nSPS) is 16.7. The molecule has 164 valence electrons. The average Bonchev–Trinajstić information content (AvgIpc) is 3.17. The van der Waals surface area contributed by atoms with Crippen molar-refractivity contribution in [3.8, 4) is 0 Å². The Hall–Kier alpha value is -1.35. The van der Waals surface area contributed by atoms with Crippen LogP contribution in [0.3, 0.4) is 0 Å². The van der Waals surface area contributed by atoms with Crippen LogP contribution in [0.2, 0.25) is 0 Å². The maximum absolute atomic E-state index is 12.0. The molecule has 2 rings (SSSR count). The summed E-state index contributed by atoms with van der Waals surface area (Å²) in [5.41, 5.74) is 1.31. The lowest BCUT2D eigenvalue weighted by Crippen LogP contribution is -2.42. The van der Waals surface area contributed by atoms with E-state index in [0.717, 1.165) is 51.6 Å². The van der Waals surface area contributed by atoms with Gasteiger partial charge in [0.25, 0.3) is 0 Å². The fraction of sp³-hybridized carbons (Fsp3) is 0.636. The first-order valence-corrected chi connectivity index (χ1v) is 10.5. The van der Waals surface area contributed by atoms with Gasteiger partial charge in [0.1, 0.15) is 6.54 Å². The summed E-state index contributed by atoms with van der Waals surface area (Å²) in [5.74, 6) is 1.56. The number of nitrogens with one attached hydrogen (secondary N) is 1. The number of halogens is 1. The second-order valence-corrected chi connectivity index (χ2v) is 7.68. The monoisotopic (exact) mass is 515 g/mol. The molecule has 0 aliphatic carbocycles. The van der Waals surface area contributed by atoms with Crippen LogP contribution in [0.25, 0.3) is 0 Å². The molecule has 1 aromatic carbocycles. The van der Waals surface area contributed by atoms with E-state index >= 15 is 0 Å². The highest BCUT2D eigenvalue weighted by atomic mass is 127. The van der Waals surface area contributed by atoms with Gasteiger partial charge in [0.05, 0.1) is 0 Å². The van der Waals surface area contributed by atoms with Gasteiger partial charge in [-0.05, 0) is 37.4 Å². The summed E-state index contributed by atoms with van der Waals surface area (Å²) in [6.07, 6.45) is 2.12. The third-order valence-electron chi connectivity index (χ3n) is 5.40. The third kappa shape index (κ3) is 8.90. The number of amides is 1. The molecule has 1 atom stereocenters. The molecule has 1 N–H and O–H groups in total. The van der Waals surface area contributed by atoms with Gasteiger partial charge in [-0.15, -0.1) is 24.0 Å². The summed E-state index contributed by atoms with van der Waals surface area (Å²) in [6.45, 7) is 10.8. The Morgan fingerprint density at radius 2 is 1.90 bits per heavy atom. The molecule has 7 heteroatoms. The van der Waals surface area contributed by atoms with E-state index in [9.17, 15) is 4.79 Å². The van der Waals surface area contributed by atoms with E-state index in [4.69, 9.17) is 0 Å². The zero-order valence-corrected chi connectivity index (χ0v) is 20.8. The van der Waals surface area contributed by atoms with Crippen LogP contribution in [0.5, 0.6) is 0 Å². The standard InChI is InChI=1S/C22H37N5O.HI/c1-5-26(6-2)17-20-13-15-27(18-20)22(24-16-21(28)25(3)4)23-14-12-19-10-8-7-9-11-19;/h7-11,20H,5-6,12-18H2,1-4H3,(H,23,24);1H. The lowest BCUT2D eigenvalue weighted by atomic mass is 10.1. The Bertz CT molecular complexity index is 619. The van der Waals surface area contributed by atoms with Gasteiger partial charge >= 0.3 is 0 Å². The van der Waals surface area contributed by atoms with Crippen molar-refractivity contribution >= 4 is 35.8 Å².